The molecule has 1 aromatic carbocycles. The predicted molar refractivity (Wildman–Crippen MR) is 78.1 cm³/mol. The zero-order chi connectivity index (χ0) is 14.1. The van der Waals surface area contributed by atoms with Gasteiger partial charge in [-0.05, 0) is 19.0 Å². The van der Waals surface area contributed by atoms with Crippen LogP contribution in [0.15, 0.2) is 29.1 Å². The number of pyridine rings is 1. The van der Waals surface area contributed by atoms with E-state index in [1.165, 1.54) is 7.11 Å². The molecular formula is C14H16N4O2. The summed E-state index contributed by atoms with van der Waals surface area (Å²) >= 11 is 0. The molecule has 0 spiro atoms. The first kappa shape index (κ1) is 12.7. The fourth-order valence-corrected chi connectivity index (χ4v) is 2.49. The standard InChI is InChI=1S/C14H16N4O2/c1-20-13-11-12(16-17-13)9-5-2-3-6-10(9)18(14(11)19)8-4-7-15/h2-3,5-6H,4,7-8,15H2,1H3,(H,16,17). The lowest BCUT2D eigenvalue weighted by Gasteiger charge is -2.10. The number of ether oxygens (including phenoxy) is 1. The van der Waals surface area contributed by atoms with Gasteiger partial charge in [-0.15, -0.1) is 0 Å². The number of para-hydroxylation sites is 1. The lowest BCUT2D eigenvalue weighted by molar-refractivity contribution is 0.400. The summed E-state index contributed by atoms with van der Waals surface area (Å²) in [4.78, 5) is 12.7. The summed E-state index contributed by atoms with van der Waals surface area (Å²) in [6.07, 6.45) is 0.746. The first-order chi connectivity index (χ1) is 9.77. The summed E-state index contributed by atoms with van der Waals surface area (Å²) < 4.78 is 6.94. The number of nitrogens with one attached hydrogen (secondary N) is 1. The highest BCUT2D eigenvalue weighted by atomic mass is 16.5. The van der Waals surface area contributed by atoms with E-state index in [-0.39, 0.29) is 5.56 Å². The Morgan fingerprint density at radius 3 is 2.95 bits per heavy atom. The van der Waals surface area contributed by atoms with Gasteiger partial charge in [-0.3, -0.25) is 4.79 Å². The normalized spacial score (nSPS) is 11.3. The maximum atomic E-state index is 12.7. The number of benzene rings is 1. The van der Waals surface area contributed by atoms with Crippen molar-refractivity contribution in [1.29, 1.82) is 0 Å². The van der Waals surface area contributed by atoms with Crippen LogP contribution in [0.25, 0.3) is 21.8 Å². The number of aryl methyl sites for hydroxylation is 1. The molecule has 3 rings (SSSR count). The van der Waals surface area contributed by atoms with E-state index in [1.807, 2.05) is 24.3 Å². The van der Waals surface area contributed by atoms with E-state index >= 15 is 0 Å². The van der Waals surface area contributed by atoms with Crippen LogP contribution in [-0.4, -0.2) is 28.4 Å². The lowest BCUT2D eigenvalue weighted by Crippen LogP contribution is -2.22. The van der Waals surface area contributed by atoms with Crippen molar-refractivity contribution in [2.45, 2.75) is 13.0 Å². The topological polar surface area (TPSA) is 85.9 Å². The summed E-state index contributed by atoms with van der Waals surface area (Å²) in [5.74, 6) is 0.400. The molecule has 0 aliphatic carbocycles. The van der Waals surface area contributed by atoms with Crippen molar-refractivity contribution < 1.29 is 4.74 Å². The third-order valence-electron chi connectivity index (χ3n) is 3.43. The number of methoxy groups -OCH3 is 1. The number of H-pyrrole nitrogens is 1. The average Bonchev–Trinajstić information content (AvgIpc) is 2.91. The molecular weight excluding hydrogens is 256 g/mol. The van der Waals surface area contributed by atoms with E-state index in [9.17, 15) is 4.79 Å². The Morgan fingerprint density at radius 1 is 1.40 bits per heavy atom. The second-order valence-electron chi connectivity index (χ2n) is 4.60. The van der Waals surface area contributed by atoms with Crippen LogP contribution in [0.5, 0.6) is 5.88 Å². The van der Waals surface area contributed by atoms with Crippen molar-refractivity contribution in [3.8, 4) is 5.88 Å². The van der Waals surface area contributed by atoms with Crippen molar-refractivity contribution in [1.82, 2.24) is 14.8 Å². The second-order valence-corrected chi connectivity index (χ2v) is 4.60. The largest absolute Gasteiger partial charge is 0.481 e. The van der Waals surface area contributed by atoms with Crippen LogP contribution >= 0.6 is 0 Å². The zero-order valence-corrected chi connectivity index (χ0v) is 11.2. The average molecular weight is 272 g/mol. The minimum Gasteiger partial charge on any atom is -0.481 e. The Labute approximate surface area is 115 Å². The molecule has 6 nitrogen and oxygen atoms in total. The molecule has 0 unspecified atom stereocenters. The molecule has 0 saturated carbocycles. The van der Waals surface area contributed by atoms with E-state index in [0.717, 1.165) is 17.3 Å². The molecule has 0 fully saturated rings. The van der Waals surface area contributed by atoms with Gasteiger partial charge < -0.3 is 15.0 Å². The maximum absolute atomic E-state index is 12.7. The van der Waals surface area contributed by atoms with Gasteiger partial charge in [0.25, 0.3) is 5.56 Å². The molecule has 0 atom stereocenters. The first-order valence-corrected chi connectivity index (χ1v) is 6.51. The van der Waals surface area contributed by atoms with Gasteiger partial charge in [0.05, 0.1) is 12.6 Å². The van der Waals surface area contributed by atoms with Gasteiger partial charge in [-0.1, -0.05) is 18.2 Å². The van der Waals surface area contributed by atoms with Gasteiger partial charge in [0, 0.05) is 11.9 Å². The monoisotopic (exact) mass is 272 g/mol. The fraction of sp³-hybridized carbons (Fsp3) is 0.286. The molecule has 0 bridgehead atoms. The van der Waals surface area contributed by atoms with Gasteiger partial charge >= 0.3 is 0 Å². The molecule has 2 aromatic heterocycles. The zero-order valence-electron chi connectivity index (χ0n) is 11.2. The van der Waals surface area contributed by atoms with E-state index < -0.39 is 0 Å². The summed E-state index contributed by atoms with van der Waals surface area (Å²) in [5.41, 5.74) is 6.97. The van der Waals surface area contributed by atoms with Gasteiger partial charge in [-0.2, -0.15) is 5.10 Å². The number of aromatic amines is 1. The summed E-state index contributed by atoms with van der Waals surface area (Å²) in [6.45, 7) is 1.13. The van der Waals surface area contributed by atoms with Crippen LogP contribution in [-0.2, 0) is 6.54 Å². The molecule has 3 aromatic rings. The molecule has 104 valence electrons. The molecule has 20 heavy (non-hydrogen) atoms. The van der Waals surface area contributed by atoms with Gasteiger partial charge in [0.1, 0.15) is 10.9 Å². The van der Waals surface area contributed by atoms with Crippen LogP contribution in [0.4, 0.5) is 0 Å². The molecule has 6 heteroatoms. The number of nitrogens with zero attached hydrogens (tertiary/aromatic N) is 2. The Bertz CT molecular complexity index is 819. The van der Waals surface area contributed by atoms with Crippen molar-refractivity contribution in [3.63, 3.8) is 0 Å². The molecule has 2 heterocycles. The smallest absolute Gasteiger partial charge is 0.266 e. The first-order valence-electron chi connectivity index (χ1n) is 6.51. The summed E-state index contributed by atoms with van der Waals surface area (Å²) in [5, 5.41) is 8.40. The Balaban J connectivity index is 2.43. The third kappa shape index (κ3) is 1.77. The highest BCUT2D eigenvalue weighted by molar-refractivity contribution is 6.04. The number of aromatic nitrogens is 3. The molecule has 0 aliphatic heterocycles. The SMILES string of the molecule is COc1[nH]nc2c1c(=O)n(CCCN)c1ccccc21. The molecule has 0 amide bonds. The minimum absolute atomic E-state index is 0.0993. The number of fused-ring (bicyclic) bond motifs is 3. The minimum atomic E-state index is -0.0993. The highest BCUT2D eigenvalue weighted by Gasteiger charge is 2.16. The van der Waals surface area contributed by atoms with Gasteiger partial charge in [-0.25, -0.2) is 5.10 Å². The van der Waals surface area contributed by atoms with Crippen LogP contribution in [0.2, 0.25) is 0 Å². The van der Waals surface area contributed by atoms with Gasteiger partial charge in [0.2, 0.25) is 5.88 Å². The van der Waals surface area contributed by atoms with Crippen LogP contribution < -0.4 is 16.0 Å². The molecule has 0 aliphatic rings. The molecule has 3 N–H and O–H groups in total. The van der Waals surface area contributed by atoms with Crippen molar-refractivity contribution in [2.75, 3.05) is 13.7 Å². The number of hydrogen-bond acceptors (Lipinski definition) is 4. The Kier molecular flexibility index (Phi) is 3.15. The highest BCUT2D eigenvalue weighted by Crippen LogP contribution is 2.26. The second kappa shape index (κ2) is 4.97. The van der Waals surface area contributed by atoms with E-state index in [0.29, 0.717) is 29.9 Å². The van der Waals surface area contributed by atoms with Crippen molar-refractivity contribution >= 4 is 21.8 Å². The van der Waals surface area contributed by atoms with Crippen LogP contribution in [0, 0.1) is 0 Å². The van der Waals surface area contributed by atoms with E-state index in [4.69, 9.17) is 10.5 Å². The summed E-state index contributed by atoms with van der Waals surface area (Å²) in [6, 6.07) is 7.72. The quantitative estimate of drug-likeness (QED) is 0.748. The Morgan fingerprint density at radius 2 is 2.20 bits per heavy atom. The van der Waals surface area contributed by atoms with Gasteiger partial charge in [0.15, 0.2) is 0 Å². The Hall–Kier alpha value is -2.34. The molecule has 0 saturated heterocycles. The number of nitrogens with two attached hydrogens (primary N) is 1. The third-order valence-corrected chi connectivity index (χ3v) is 3.43. The van der Waals surface area contributed by atoms with Crippen LogP contribution in [0.3, 0.4) is 0 Å². The molecule has 0 radical (unpaired) electrons. The summed E-state index contributed by atoms with van der Waals surface area (Å²) in [7, 11) is 1.52. The fourth-order valence-electron chi connectivity index (χ4n) is 2.49. The number of rotatable bonds is 4. The van der Waals surface area contributed by atoms with E-state index in [1.54, 1.807) is 4.57 Å². The van der Waals surface area contributed by atoms with E-state index in [2.05, 4.69) is 10.2 Å². The lowest BCUT2D eigenvalue weighted by atomic mass is 10.1. The van der Waals surface area contributed by atoms with Crippen molar-refractivity contribution in [3.05, 3.63) is 34.6 Å². The maximum Gasteiger partial charge on any atom is 0.266 e. The van der Waals surface area contributed by atoms with Crippen molar-refractivity contribution in [2.24, 2.45) is 5.73 Å². The number of hydrogen-bond donors (Lipinski definition) is 2. The predicted octanol–water partition coefficient (Wildman–Crippen LogP) is 1.24. The van der Waals surface area contributed by atoms with Crippen LogP contribution in [0.1, 0.15) is 6.42 Å².